The molecule has 1 aromatic rings. The van der Waals surface area contributed by atoms with Gasteiger partial charge in [0.15, 0.2) is 0 Å². The maximum absolute atomic E-state index is 11.9. The zero-order valence-corrected chi connectivity index (χ0v) is 13.8. The molecule has 3 rings (SSSR count). The Hall–Kier alpha value is -2.08. The van der Waals surface area contributed by atoms with Gasteiger partial charge in [-0.2, -0.15) is 0 Å². The number of carboxylic acids is 1. The van der Waals surface area contributed by atoms with Gasteiger partial charge in [-0.1, -0.05) is 12.1 Å². The highest BCUT2D eigenvalue weighted by atomic mass is 16.5. The second-order valence-corrected chi connectivity index (χ2v) is 6.56. The number of nitrogens with zero attached hydrogens (tertiary/aromatic N) is 2. The van der Waals surface area contributed by atoms with E-state index < -0.39 is 11.9 Å². The van der Waals surface area contributed by atoms with E-state index in [1.54, 1.807) is 4.90 Å². The predicted octanol–water partition coefficient (Wildman–Crippen LogP) is 1.59. The average molecular weight is 332 g/mol. The van der Waals surface area contributed by atoms with Crippen LogP contribution in [0.25, 0.3) is 0 Å². The maximum atomic E-state index is 11.9. The van der Waals surface area contributed by atoms with E-state index in [-0.39, 0.29) is 18.9 Å². The third-order valence-electron chi connectivity index (χ3n) is 4.71. The van der Waals surface area contributed by atoms with Crippen LogP contribution in [0.1, 0.15) is 24.8 Å². The number of likely N-dealkylation sites (tertiary alicyclic amines) is 2. The van der Waals surface area contributed by atoms with Gasteiger partial charge in [-0.15, -0.1) is 0 Å². The van der Waals surface area contributed by atoms with Gasteiger partial charge in [0.05, 0.1) is 5.92 Å². The van der Waals surface area contributed by atoms with Gasteiger partial charge in [0.25, 0.3) is 0 Å². The third-order valence-corrected chi connectivity index (χ3v) is 4.71. The number of aliphatic carboxylic acids is 1. The molecule has 1 unspecified atom stereocenters. The molecule has 1 atom stereocenters. The van der Waals surface area contributed by atoms with Crippen LogP contribution in [-0.4, -0.2) is 59.6 Å². The van der Waals surface area contributed by atoms with Crippen molar-refractivity contribution >= 4 is 11.9 Å². The van der Waals surface area contributed by atoms with Crippen molar-refractivity contribution in [3.05, 3.63) is 29.8 Å². The summed E-state index contributed by atoms with van der Waals surface area (Å²) in [7, 11) is 0. The van der Waals surface area contributed by atoms with Gasteiger partial charge >= 0.3 is 5.97 Å². The number of rotatable bonds is 7. The minimum Gasteiger partial charge on any atom is -0.492 e. The van der Waals surface area contributed by atoms with E-state index in [1.807, 2.05) is 24.3 Å². The Morgan fingerprint density at radius 2 is 2.08 bits per heavy atom. The number of hydrogen-bond donors (Lipinski definition) is 1. The van der Waals surface area contributed by atoms with Gasteiger partial charge < -0.3 is 14.7 Å². The summed E-state index contributed by atoms with van der Waals surface area (Å²) in [5, 5.41) is 9.04. The fourth-order valence-corrected chi connectivity index (χ4v) is 3.34. The van der Waals surface area contributed by atoms with Crippen LogP contribution >= 0.6 is 0 Å². The molecule has 130 valence electrons. The van der Waals surface area contributed by atoms with Crippen molar-refractivity contribution in [1.82, 2.24) is 9.80 Å². The molecule has 0 aromatic heterocycles. The Bertz CT molecular complexity index is 598. The summed E-state index contributed by atoms with van der Waals surface area (Å²) >= 11 is 0. The number of hydrogen-bond acceptors (Lipinski definition) is 4. The highest BCUT2D eigenvalue weighted by Crippen LogP contribution is 2.22. The first-order chi connectivity index (χ1) is 11.6. The molecule has 2 aliphatic heterocycles. The summed E-state index contributed by atoms with van der Waals surface area (Å²) < 4.78 is 5.82. The molecule has 0 spiro atoms. The third kappa shape index (κ3) is 4.26. The first-order valence-corrected chi connectivity index (χ1v) is 8.56. The van der Waals surface area contributed by atoms with Gasteiger partial charge in [0.1, 0.15) is 12.4 Å². The number of carboxylic acid groups (broad SMARTS) is 1. The summed E-state index contributed by atoms with van der Waals surface area (Å²) in [4.78, 5) is 27.0. The van der Waals surface area contributed by atoms with E-state index in [0.29, 0.717) is 13.2 Å². The Morgan fingerprint density at radius 1 is 1.29 bits per heavy atom. The highest BCUT2D eigenvalue weighted by Gasteiger charge is 2.34. The van der Waals surface area contributed by atoms with E-state index in [1.165, 1.54) is 12.8 Å². The van der Waals surface area contributed by atoms with Crippen molar-refractivity contribution in [2.75, 3.05) is 32.8 Å². The summed E-state index contributed by atoms with van der Waals surface area (Å²) in [5.74, 6) is -0.780. The fraction of sp³-hybridized carbons (Fsp3) is 0.556. The molecule has 2 heterocycles. The minimum atomic E-state index is -0.898. The first kappa shape index (κ1) is 16.8. The van der Waals surface area contributed by atoms with Crippen LogP contribution in [0.15, 0.2) is 24.3 Å². The number of benzene rings is 1. The Balaban J connectivity index is 1.51. The molecule has 1 aromatic carbocycles. The predicted molar refractivity (Wildman–Crippen MR) is 88.8 cm³/mol. The van der Waals surface area contributed by atoms with Gasteiger partial charge in [0.2, 0.25) is 5.91 Å². The number of carbonyl (C=O) groups is 2. The summed E-state index contributed by atoms with van der Waals surface area (Å²) in [6.07, 6.45) is 2.65. The van der Waals surface area contributed by atoms with Crippen LogP contribution in [-0.2, 0) is 16.1 Å². The monoisotopic (exact) mass is 332 g/mol. The Labute approximate surface area is 142 Å². The maximum Gasteiger partial charge on any atom is 0.308 e. The summed E-state index contributed by atoms with van der Waals surface area (Å²) in [6.45, 7) is 4.64. The van der Waals surface area contributed by atoms with Crippen molar-refractivity contribution in [2.24, 2.45) is 5.92 Å². The van der Waals surface area contributed by atoms with E-state index >= 15 is 0 Å². The number of ether oxygens (including phenoxy) is 1. The zero-order chi connectivity index (χ0) is 16.9. The van der Waals surface area contributed by atoms with Gasteiger partial charge in [0, 0.05) is 26.1 Å². The number of carbonyl (C=O) groups excluding carboxylic acids is 1. The lowest BCUT2D eigenvalue weighted by molar-refractivity contribution is -0.141. The molecule has 6 nitrogen and oxygen atoms in total. The molecule has 0 aliphatic carbocycles. The van der Waals surface area contributed by atoms with Gasteiger partial charge in [-0.05, 0) is 43.6 Å². The van der Waals surface area contributed by atoms with Crippen LogP contribution in [0.4, 0.5) is 0 Å². The van der Waals surface area contributed by atoms with Crippen LogP contribution in [0.5, 0.6) is 5.75 Å². The molecular formula is C18H24N2O4. The molecule has 2 fully saturated rings. The highest BCUT2D eigenvalue weighted by molar-refractivity contribution is 5.86. The van der Waals surface area contributed by atoms with E-state index in [0.717, 1.165) is 30.9 Å². The second-order valence-electron chi connectivity index (χ2n) is 6.56. The molecule has 2 aliphatic rings. The van der Waals surface area contributed by atoms with Crippen LogP contribution in [0, 0.1) is 5.92 Å². The smallest absolute Gasteiger partial charge is 0.308 e. The van der Waals surface area contributed by atoms with Crippen LogP contribution in [0.2, 0.25) is 0 Å². The molecule has 0 saturated carbocycles. The average Bonchev–Trinajstić information content (AvgIpc) is 3.18. The quantitative estimate of drug-likeness (QED) is 0.821. The summed E-state index contributed by atoms with van der Waals surface area (Å²) in [5.41, 5.74) is 0.966. The van der Waals surface area contributed by atoms with Crippen molar-refractivity contribution in [1.29, 1.82) is 0 Å². The molecular weight excluding hydrogens is 308 g/mol. The molecule has 1 amide bonds. The lowest BCUT2D eigenvalue weighted by atomic mass is 10.1. The van der Waals surface area contributed by atoms with Crippen molar-refractivity contribution in [2.45, 2.75) is 25.8 Å². The second kappa shape index (κ2) is 7.66. The van der Waals surface area contributed by atoms with Crippen molar-refractivity contribution in [3.8, 4) is 5.75 Å². The fourth-order valence-electron chi connectivity index (χ4n) is 3.34. The minimum absolute atomic E-state index is 0.0947. The lowest BCUT2D eigenvalue weighted by Crippen LogP contribution is -2.26. The van der Waals surface area contributed by atoms with E-state index in [4.69, 9.17) is 9.84 Å². The molecule has 1 N–H and O–H groups in total. The molecule has 24 heavy (non-hydrogen) atoms. The Kier molecular flexibility index (Phi) is 5.35. The molecule has 2 saturated heterocycles. The van der Waals surface area contributed by atoms with Crippen LogP contribution < -0.4 is 4.74 Å². The molecule has 6 heteroatoms. The number of amides is 1. The first-order valence-electron chi connectivity index (χ1n) is 8.56. The van der Waals surface area contributed by atoms with Gasteiger partial charge in [-0.25, -0.2) is 0 Å². The lowest BCUT2D eigenvalue weighted by Gasteiger charge is -2.17. The largest absolute Gasteiger partial charge is 0.492 e. The molecule has 0 radical (unpaired) electrons. The van der Waals surface area contributed by atoms with Crippen molar-refractivity contribution < 1.29 is 19.4 Å². The standard InChI is InChI=1S/C18H24N2O4/c21-17-11-15(18(22)23)13-20(17)12-14-4-3-5-16(10-14)24-9-8-19-6-1-2-7-19/h3-5,10,15H,1-2,6-9,11-13H2,(H,22,23). The van der Waals surface area contributed by atoms with Crippen molar-refractivity contribution in [3.63, 3.8) is 0 Å². The SMILES string of the molecule is O=C(O)C1CC(=O)N(Cc2cccc(OCCN3CCCC3)c2)C1. The molecule has 0 bridgehead atoms. The zero-order valence-electron chi connectivity index (χ0n) is 13.8. The van der Waals surface area contributed by atoms with Crippen LogP contribution in [0.3, 0.4) is 0 Å². The van der Waals surface area contributed by atoms with Gasteiger partial charge in [-0.3, -0.25) is 14.5 Å². The van der Waals surface area contributed by atoms with E-state index in [2.05, 4.69) is 4.90 Å². The van der Waals surface area contributed by atoms with E-state index in [9.17, 15) is 9.59 Å². The Morgan fingerprint density at radius 3 is 2.79 bits per heavy atom. The summed E-state index contributed by atoms with van der Waals surface area (Å²) in [6, 6.07) is 7.70. The normalized spacial score (nSPS) is 21.4. The topological polar surface area (TPSA) is 70.1 Å².